The average Bonchev–Trinajstić information content (AvgIpc) is 2.81. The van der Waals surface area contributed by atoms with Crippen molar-refractivity contribution in [3.63, 3.8) is 0 Å². The third kappa shape index (κ3) is 7.07. The van der Waals surface area contributed by atoms with Gasteiger partial charge in [0.05, 0.1) is 11.5 Å². The van der Waals surface area contributed by atoms with Gasteiger partial charge in [0.25, 0.3) is 0 Å². The zero-order chi connectivity index (χ0) is 16.5. The molecule has 2 rings (SSSR count). The maximum Gasteiger partial charge on any atom is 0.240 e. The van der Waals surface area contributed by atoms with Crippen molar-refractivity contribution >= 4 is 22.4 Å². The lowest BCUT2D eigenvalue weighted by Gasteiger charge is -2.16. The molecule has 0 unspecified atom stereocenters. The number of sulfonamides is 1. The Morgan fingerprint density at radius 1 is 1.12 bits per heavy atom. The molecule has 0 heterocycles. The minimum atomic E-state index is -3.46. The number of hydrogen-bond donors (Lipinski definition) is 2. The molecule has 1 saturated carbocycles. The van der Waals surface area contributed by atoms with Gasteiger partial charge in [0.15, 0.2) is 0 Å². The van der Waals surface area contributed by atoms with Gasteiger partial charge in [-0.25, -0.2) is 13.1 Å². The van der Waals surface area contributed by atoms with Crippen molar-refractivity contribution < 1.29 is 13.2 Å². The monoisotopic (exact) mass is 376 g/mol. The highest BCUT2D eigenvalue weighted by Gasteiger charge is 2.15. The fourth-order valence-electron chi connectivity index (χ4n) is 3.00. The summed E-state index contributed by atoms with van der Waals surface area (Å²) in [6, 6.07) is 7.40. The maximum absolute atomic E-state index is 12.3. The minimum absolute atomic E-state index is 0. The van der Waals surface area contributed by atoms with Gasteiger partial charge in [0.2, 0.25) is 10.0 Å². The zero-order valence-corrected chi connectivity index (χ0v) is 15.9. The molecule has 0 saturated heterocycles. The molecule has 7 heteroatoms. The Balaban J connectivity index is 0.00000288. The van der Waals surface area contributed by atoms with Gasteiger partial charge in [0.1, 0.15) is 0 Å². The maximum atomic E-state index is 12.3. The topological polar surface area (TPSA) is 67.4 Å². The summed E-state index contributed by atoms with van der Waals surface area (Å²) in [6.07, 6.45) is 7.59. The summed E-state index contributed by atoms with van der Waals surface area (Å²) in [5.74, 6) is 0. The van der Waals surface area contributed by atoms with Gasteiger partial charge in [-0.3, -0.25) is 0 Å². The molecule has 1 aliphatic carbocycles. The Labute approximate surface area is 152 Å². The Morgan fingerprint density at radius 2 is 1.83 bits per heavy atom. The summed E-state index contributed by atoms with van der Waals surface area (Å²) >= 11 is 0. The van der Waals surface area contributed by atoms with Crippen LogP contribution in [0.1, 0.15) is 44.1 Å². The van der Waals surface area contributed by atoms with Crippen molar-refractivity contribution in [1.29, 1.82) is 0 Å². The number of methoxy groups -OCH3 is 1. The molecule has 2 N–H and O–H groups in total. The van der Waals surface area contributed by atoms with Gasteiger partial charge in [-0.1, -0.05) is 37.8 Å². The van der Waals surface area contributed by atoms with E-state index in [9.17, 15) is 8.42 Å². The highest BCUT2D eigenvalue weighted by molar-refractivity contribution is 7.89. The molecule has 138 valence electrons. The largest absolute Gasteiger partial charge is 0.380 e. The SMILES string of the molecule is COCc1cccc(S(=O)(=O)NCCNC2CCCCCC2)c1.Cl. The van der Waals surface area contributed by atoms with Gasteiger partial charge in [-0.15, -0.1) is 12.4 Å². The first-order valence-corrected chi connectivity index (χ1v) is 9.91. The summed E-state index contributed by atoms with van der Waals surface area (Å²) in [5.41, 5.74) is 0.854. The van der Waals surface area contributed by atoms with Crippen LogP contribution < -0.4 is 10.0 Å². The van der Waals surface area contributed by atoms with E-state index < -0.39 is 10.0 Å². The number of hydrogen-bond acceptors (Lipinski definition) is 4. The highest BCUT2D eigenvalue weighted by atomic mass is 35.5. The van der Waals surface area contributed by atoms with E-state index >= 15 is 0 Å². The van der Waals surface area contributed by atoms with Crippen LogP contribution in [0.2, 0.25) is 0 Å². The smallest absolute Gasteiger partial charge is 0.240 e. The molecule has 1 aliphatic rings. The zero-order valence-electron chi connectivity index (χ0n) is 14.3. The second kappa shape index (κ2) is 11.1. The van der Waals surface area contributed by atoms with Crippen molar-refractivity contribution in [3.8, 4) is 0 Å². The Kier molecular flexibility index (Phi) is 9.85. The normalized spacial score (nSPS) is 16.4. The van der Waals surface area contributed by atoms with Crippen LogP contribution in [0.5, 0.6) is 0 Å². The second-order valence-electron chi connectivity index (χ2n) is 6.12. The van der Waals surface area contributed by atoms with E-state index in [0.29, 0.717) is 30.6 Å². The fourth-order valence-corrected chi connectivity index (χ4v) is 4.10. The molecule has 24 heavy (non-hydrogen) atoms. The number of ether oxygens (including phenoxy) is 1. The van der Waals surface area contributed by atoms with Crippen LogP contribution in [0.3, 0.4) is 0 Å². The van der Waals surface area contributed by atoms with Crippen molar-refractivity contribution in [3.05, 3.63) is 29.8 Å². The molecule has 0 atom stereocenters. The van der Waals surface area contributed by atoms with E-state index in [1.807, 2.05) is 6.07 Å². The number of nitrogens with one attached hydrogen (secondary N) is 2. The minimum Gasteiger partial charge on any atom is -0.380 e. The molecule has 0 spiro atoms. The first kappa shape index (κ1) is 21.4. The second-order valence-corrected chi connectivity index (χ2v) is 7.89. The summed E-state index contributed by atoms with van der Waals surface area (Å²) in [7, 11) is -1.86. The van der Waals surface area contributed by atoms with Crippen LogP contribution in [0.15, 0.2) is 29.2 Å². The van der Waals surface area contributed by atoms with E-state index in [0.717, 1.165) is 5.56 Å². The average molecular weight is 377 g/mol. The third-order valence-corrected chi connectivity index (χ3v) is 5.68. The Hall–Kier alpha value is -0.660. The molecule has 0 radical (unpaired) electrons. The standard InChI is InChI=1S/C17H28N2O3S.ClH/c1-22-14-15-7-6-10-17(13-15)23(20,21)19-12-11-18-16-8-4-2-3-5-9-16;/h6-7,10,13,16,18-19H,2-5,8-9,11-12,14H2,1H3;1H. The lowest BCUT2D eigenvalue weighted by atomic mass is 10.1. The van der Waals surface area contributed by atoms with E-state index in [1.54, 1.807) is 25.3 Å². The Morgan fingerprint density at radius 3 is 2.50 bits per heavy atom. The van der Waals surface area contributed by atoms with E-state index in [-0.39, 0.29) is 12.4 Å². The number of halogens is 1. The van der Waals surface area contributed by atoms with Gasteiger partial charge in [0, 0.05) is 26.2 Å². The van der Waals surface area contributed by atoms with Crippen molar-refractivity contribution in [2.45, 2.75) is 56.1 Å². The van der Waals surface area contributed by atoms with E-state index in [4.69, 9.17) is 4.74 Å². The predicted molar refractivity (Wildman–Crippen MR) is 99.1 cm³/mol. The van der Waals surface area contributed by atoms with Gasteiger partial charge in [-0.2, -0.15) is 0 Å². The summed E-state index contributed by atoms with van der Waals surface area (Å²) in [4.78, 5) is 0.293. The molecule has 0 aromatic heterocycles. The molecular formula is C17H29ClN2O3S. The van der Waals surface area contributed by atoms with Crippen LogP contribution in [-0.4, -0.2) is 34.7 Å². The molecular weight excluding hydrogens is 348 g/mol. The quantitative estimate of drug-likeness (QED) is 0.540. The van der Waals surface area contributed by atoms with Crippen molar-refractivity contribution in [2.75, 3.05) is 20.2 Å². The molecule has 1 aromatic carbocycles. The van der Waals surface area contributed by atoms with Crippen molar-refractivity contribution in [1.82, 2.24) is 10.0 Å². The van der Waals surface area contributed by atoms with E-state index in [2.05, 4.69) is 10.0 Å². The van der Waals surface area contributed by atoms with Crippen LogP contribution in [0.4, 0.5) is 0 Å². The van der Waals surface area contributed by atoms with Gasteiger partial charge in [-0.05, 0) is 30.5 Å². The lowest BCUT2D eigenvalue weighted by Crippen LogP contribution is -2.36. The summed E-state index contributed by atoms with van der Waals surface area (Å²) in [5, 5.41) is 3.47. The van der Waals surface area contributed by atoms with Crippen LogP contribution in [0.25, 0.3) is 0 Å². The fraction of sp³-hybridized carbons (Fsp3) is 0.647. The van der Waals surface area contributed by atoms with Crippen LogP contribution >= 0.6 is 12.4 Å². The first-order valence-electron chi connectivity index (χ1n) is 8.43. The van der Waals surface area contributed by atoms with Crippen LogP contribution in [0, 0.1) is 0 Å². The number of benzene rings is 1. The highest BCUT2D eigenvalue weighted by Crippen LogP contribution is 2.17. The molecule has 0 amide bonds. The van der Waals surface area contributed by atoms with E-state index in [1.165, 1.54) is 38.5 Å². The summed E-state index contributed by atoms with van der Waals surface area (Å²) < 4.78 is 32.3. The molecule has 1 aromatic rings. The first-order chi connectivity index (χ1) is 11.1. The van der Waals surface area contributed by atoms with Crippen molar-refractivity contribution in [2.24, 2.45) is 0 Å². The summed E-state index contributed by atoms with van der Waals surface area (Å²) in [6.45, 7) is 1.49. The lowest BCUT2D eigenvalue weighted by molar-refractivity contribution is 0.184. The van der Waals surface area contributed by atoms with Gasteiger partial charge < -0.3 is 10.1 Å². The Bertz CT molecular complexity index is 573. The predicted octanol–water partition coefficient (Wildman–Crippen LogP) is 2.85. The third-order valence-electron chi connectivity index (χ3n) is 4.23. The molecule has 1 fully saturated rings. The molecule has 0 bridgehead atoms. The molecule has 0 aliphatic heterocycles. The molecule has 5 nitrogen and oxygen atoms in total. The van der Waals surface area contributed by atoms with Gasteiger partial charge >= 0.3 is 0 Å². The van der Waals surface area contributed by atoms with Crippen LogP contribution in [-0.2, 0) is 21.4 Å². The number of rotatable bonds is 8.